The lowest BCUT2D eigenvalue weighted by Gasteiger charge is -2.40. The predicted octanol–water partition coefficient (Wildman–Crippen LogP) is 7.66. The Morgan fingerprint density at radius 2 is 1.13 bits per heavy atom. The zero-order valence-corrected chi connectivity index (χ0v) is 37.6. The van der Waals surface area contributed by atoms with Crippen LogP contribution < -0.4 is 35.4 Å². The van der Waals surface area contributed by atoms with Crippen LogP contribution in [0.15, 0.2) is 83.0 Å². The number of carbonyl (C=O) groups excluding carboxylic acids is 2. The lowest BCUT2D eigenvalue weighted by molar-refractivity contribution is -0.123. The number of rotatable bonds is 4. The van der Waals surface area contributed by atoms with Gasteiger partial charge >= 0.3 is 0 Å². The first-order valence-electron chi connectivity index (χ1n) is 21.3. The van der Waals surface area contributed by atoms with Gasteiger partial charge < -0.3 is 29.5 Å². The van der Waals surface area contributed by atoms with E-state index in [-0.39, 0.29) is 73.3 Å². The number of likely N-dealkylation sites (tertiary alicyclic amines) is 1. The van der Waals surface area contributed by atoms with Crippen molar-refractivity contribution in [2.24, 2.45) is 22.0 Å². The number of amidine groups is 2. The van der Waals surface area contributed by atoms with Crippen molar-refractivity contribution < 1.29 is 27.8 Å². The molecule has 6 atom stereocenters. The maximum absolute atomic E-state index is 14.9. The summed E-state index contributed by atoms with van der Waals surface area (Å²) in [5, 5.41) is 11.8. The molecule has 2 fully saturated rings. The summed E-state index contributed by atoms with van der Waals surface area (Å²) in [6, 6.07) is 21.1. The topological polar surface area (TPSA) is 123 Å². The highest BCUT2D eigenvalue weighted by molar-refractivity contribution is 6.10. The third-order valence-electron chi connectivity index (χ3n) is 13.2. The number of halogens is 4. The third-order valence-corrected chi connectivity index (χ3v) is 13.2. The third kappa shape index (κ3) is 8.58. The molecule has 0 spiro atoms. The summed E-state index contributed by atoms with van der Waals surface area (Å²) in [5.74, 6) is 3.27. The molecule has 0 radical (unpaired) electrons. The van der Waals surface area contributed by atoms with Gasteiger partial charge in [0.2, 0.25) is 0 Å². The van der Waals surface area contributed by atoms with Crippen LogP contribution in [0.3, 0.4) is 0 Å². The van der Waals surface area contributed by atoms with E-state index in [2.05, 4.69) is 64.3 Å². The number of nitrogens with one attached hydrogen (secondary N) is 3. The molecule has 10 rings (SSSR count). The van der Waals surface area contributed by atoms with Crippen LogP contribution in [0.4, 0.5) is 20.2 Å². The lowest BCUT2D eigenvalue weighted by Crippen LogP contribution is -2.55. The van der Waals surface area contributed by atoms with Crippen LogP contribution in [0.1, 0.15) is 63.5 Å². The highest BCUT2D eigenvalue weighted by Gasteiger charge is 2.39. The van der Waals surface area contributed by atoms with E-state index >= 15 is 0 Å². The van der Waals surface area contributed by atoms with E-state index in [0.717, 1.165) is 72.6 Å². The SMILES string of the molecule is C[C@@H]1C(=O)NN=C2COc3cc(-c4ccccc4F)c([C@@H]4CCN(C)C[C@@H]4C)cc3N21.C[C@@H]1C(=O)NN=C2COc3cc(-c4ccccc4F)c([C@@H]4CCNC[C@@H]4C)cc3N21.Cl.Cl. The molecule has 2 amide bonds. The van der Waals surface area contributed by atoms with Gasteiger partial charge in [-0.2, -0.15) is 10.2 Å². The minimum absolute atomic E-state index is 0. The highest BCUT2D eigenvalue weighted by atomic mass is 35.5. The van der Waals surface area contributed by atoms with Crippen LogP contribution in [-0.4, -0.2) is 86.9 Å². The van der Waals surface area contributed by atoms with Crippen molar-refractivity contribution in [1.82, 2.24) is 21.1 Å². The van der Waals surface area contributed by atoms with Crippen molar-refractivity contribution >= 4 is 59.7 Å². The maximum atomic E-state index is 14.9. The molecule has 63 heavy (non-hydrogen) atoms. The average Bonchev–Trinajstić information content (AvgIpc) is 3.26. The van der Waals surface area contributed by atoms with Gasteiger partial charge in [0.05, 0.1) is 11.4 Å². The first-order valence-corrected chi connectivity index (χ1v) is 21.3. The van der Waals surface area contributed by atoms with E-state index in [4.69, 9.17) is 9.47 Å². The number of fused-ring (bicyclic) bond motifs is 6. The summed E-state index contributed by atoms with van der Waals surface area (Å²) in [4.78, 5) is 30.8. The van der Waals surface area contributed by atoms with Gasteiger partial charge in [-0.05, 0) is 136 Å². The number of nitrogens with zero attached hydrogens (tertiary/aromatic N) is 5. The average molecular weight is 904 g/mol. The van der Waals surface area contributed by atoms with Gasteiger partial charge in [0.15, 0.2) is 11.7 Å². The minimum Gasteiger partial charge on any atom is -0.483 e. The van der Waals surface area contributed by atoms with Crippen LogP contribution >= 0.6 is 24.8 Å². The molecule has 0 bridgehead atoms. The quantitative estimate of drug-likeness (QED) is 0.191. The molecule has 334 valence electrons. The van der Waals surface area contributed by atoms with Crippen molar-refractivity contribution in [3.8, 4) is 33.8 Å². The molecule has 0 aromatic heterocycles. The van der Waals surface area contributed by atoms with Crippen LogP contribution in [0.2, 0.25) is 0 Å². The fraction of sp³-hybridized carbons (Fsp3) is 0.404. The molecule has 6 aliphatic rings. The zero-order valence-electron chi connectivity index (χ0n) is 36.0. The van der Waals surface area contributed by atoms with Gasteiger partial charge in [-0.1, -0.05) is 50.2 Å². The van der Waals surface area contributed by atoms with Gasteiger partial charge in [-0.15, -0.1) is 24.8 Å². The number of anilines is 2. The molecule has 6 aliphatic heterocycles. The van der Waals surface area contributed by atoms with Gasteiger partial charge in [0.1, 0.15) is 48.4 Å². The van der Waals surface area contributed by atoms with E-state index in [9.17, 15) is 18.4 Å². The number of carbonyl (C=O) groups is 2. The summed E-state index contributed by atoms with van der Waals surface area (Å²) >= 11 is 0. The largest absolute Gasteiger partial charge is 0.483 e. The Morgan fingerprint density at radius 3 is 1.59 bits per heavy atom. The summed E-state index contributed by atoms with van der Waals surface area (Å²) in [6.07, 6.45) is 1.97. The van der Waals surface area contributed by atoms with Crippen molar-refractivity contribution in [2.75, 3.05) is 56.2 Å². The standard InChI is InChI=1S/C24H27FN4O2.C23H25FN4O2.2ClH/c1-14-12-28(3)9-8-16(14)18-10-21-22(11-19(18)17-6-4-5-7-20(17)25)31-13-23-26-27-24(30)15(2)29(21)23;1-13-11-25-8-7-15(13)17-9-20-21(10-18(17)16-5-3-4-6-19(16)24)30-12-22-26-27-23(29)14(2)28(20)22;;/h4-7,10-11,14-16H,8-9,12-13H2,1-3H3,(H,27,30);3-6,9-10,13-15,25H,7-8,11-12H2,1-2H3,(H,27,29);2*1H/t14-,15+,16+;13-,14+,15+;;/m00../s1. The van der Waals surface area contributed by atoms with Crippen LogP contribution in [-0.2, 0) is 9.59 Å². The van der Waals surface area contributed by atoms with E-state index in [1.165, 1.54) is 12.1 Å². The molecule has 4 aromatic carbocycles. The second-order valence-corrected chi connectivity index (χ2v) is 17.2. The number of benzene rings is 4. The number of hydrazone groups is 2. The Kier molecular flexibility index (Phi) is 13.7. The Balaban J connectivity index is 0.000000183. The summed E-state index contributed by atoms with van der Waals surface area (Å²) < 4.78 is 41.7. The Morgan fingerprint density at radius 1 is 0.651 bits per heavy atom. The fourth-order valence-corrected chi connectivity index (χ4v) is 9.91. The monoisotopic (exact) mass is 902 g/mol. The Labute approximate surface area is 379 Å². The molecule has 6 heterocycles. The Hall–Kier alpha value is -5.28. The van der Waals surface area contributed by atoms with Crippen molar-refractivity contribution in [1.29, 1.82) is 0 Å². The maximum Gasteiger partial charge on any atom is 0.262 e. The second kappa shape index (κ2) is 18.8. The fourth-order valence-electron chi connectivity index (χ4n) is 9.91. The van der Waals surface area contributed by atoms with Gasteiger partial charge in [-0.25, -0.2) is 19.6 Å². The normalized spacial score (nSPS) is 24.9. The highest BCUT2D eigenvalue weighted by Crippen LogP contribution is 2.48. The molecule has 3 N–H and O–H groups in total. The summed E-state index contributed by atoms with van der Waals surface area (Å²) in [7, 11) is 2.14. The first-order chi connectivity index (χ1) is 29.5. The second-order valence-electron chi connectivity index (χ2n) is 17.2. The van der Waals surface area contributed by atoms with Gasteiger partial charge in [0, 0.05) is 17.7 Å². The molecule has 0 unspecified atom stereocenters. The summed E-state index contributed by atoms with van der Waals surface area (Å²) in [6.45, 7) is 12.6. The number of ether oxygens (including phenoxy) is 2. The van der Waals surface area contributed by atoms with Gasteiger partial charge in [-0.3, -0.25) is 9.59 Å². The van der Waals surface area contributed by atoms with E-state index in [1.807, 2.05) is 60.0 Å². The van der Waals surface area contributed by atoms with E-state index in [1.54, 1.807) is 12.1 Å². The minimum atomic E-state index is -0.391. The number of hydrogen-bond donors (Lipinski definition) is 3. The summed E-state index contributed by atoms with van der Waals surface area (Å²) in [5.41, 5.74) is 11.9. The molecule has 0 saturated carbocycles. The molecule has 12 nitrogen and oxygen atoms in total. The van der Waals surface area contributed by atoms with Gasteiger partial charge in [0.25, 0.3) is 11.8 Å². The first kappa shape index (κ1) is 45.7. The molecule has 4 aromatic rings. The molecule has 16 heteroatoms. The van der Waals surface area contributed by atoms with Crippen LogP contribution in [0.25, 0.3) is 22.3 Å². The molecule has 0 aliphatic carbocycles. The number of hydrogen-bond acceptors (Lipinski definition) is 10. The Bertz CT molecular complexity index is 2450. The molecular formula is C47H54Cl2F2N8O4. The van der Waals surface area contributed by atoms with Crippen LogP contribution in [0.5, 0.6) is 11.5 Å². The van der Waals surface area contributed by atoms with Crippen molar-refractivity contribution in [3.63, 3.8) is 0 Å². The van der Waals surface area contributed by atoms with Crippen LogP contribution in [0, 0.1) is 23.5 Å². The van der Waals surface area contributed by atoms with Crippen molar-refractivity contribution in [2.45, 2.75) is 64.5 Å². The zero-order chi connectivity index (χ0) is 42.5. The lowest BCUT2D eigenvalue weighted by atomic mass is 9.78. The van der Waals surface area contributed by atoms with Crippen molar-refractivity contribution in [3.05, 3.63) is 95.6 Å². The molecule has 2 saturated heterocycles. The predicted molar refractivity (Wildman–Crippen MR) is 248 cm³/mol. The van der Waals surface area contributed by atoms with E-state index < -0.39 is 12.1 Å². The number of piperidine rings is 2. The number of amides is 2. The smallest absolute Gasteiger partial charge is 0.262 e. The van der Waals surface area contributed by atoms with E-state index in [0.29, 0.717) is 46.1 Å². The molecular weight excluding hydrogens is 849 g/mol.